The minimum Gasteiger partial charge on any atom is -0.508 e. The van der Waals surface area contributed by atoms with Crippen LogP contribution in [0.25, 0.3) is 0 Å². The smallest absolute Gasteiger partial charge is 0.326 e. The second-order valence-electron chi connectivity index (χ2n) is 19.3. The van der Waals surface area contributed by atoms with E-state index in [4.69, 9.17) is 17.2 Å². The number of carbonyl (C=O) groups excluding carboxylic acids is 8. The second kappa shape index (κ2) is 31.7. The van der Waals surface area contributed by atoms with E-state index in [1.54, 1.807) is 26.0 Å². The number of aliphatic carboxylic acids is 2. The van der Waals surface area contributed by atoms with E-state index < -0.39 is 133 Å². The molecule has 0 spiro atoms. The van der Waals surface area contributed by atoms with Gasteiger partial charge in [-0.25, -0.2) is 9.78 Å². The van der Waals surface area contributed by atoms with Crippen LogP contribution < -0.4 is 59.7 Å². The van der Waals surface area contributed by atoms with Gasteiger partial charge >= 0.3 is 11.9 Å². The summed E-state index contributed by atoms with van der Waals surface area (Å²) < 4.78 is 0. The van der Waals surface area contributed by atoms with Gasteiger partial charge in [0, 0.05) is 31.3 Å². The summed E-state index contributed by atoms with van der Waals surface area (Å²) in [5.74, 6) is -10.3. The molecular weight excluding hydrogens is 981 g/mol. The van der Waals surface area contributed by atoms with E-state index in [0.29, 0.717) is 11.3 Å². The Morgan fingerprint density at radius 2 is 1.17 bits per heavy atom. The summed E-state index contributed by atoms with van der Waals surface area (Å²) in [4.78, 5) is 142. The van der Waals surface area contributed by atoms with Crippen LogP contribution >= 0.6 is 0 Å². The number of carbonyl (C=O) groups is 10. The lowest BCUT2D eigenvalue weighted by Crippen LogP contribution is -2.59. The van der Waals surface area contributed by atoms with Gasteiger partial charge in [-0.3, -0.25) is 48.1 Å². The summed E-state index contributed by atoms with van der Waals surface area (Å²) in [5, 5.41) is 48.7. The first kappa shape index (κ1) is 63.3. The molecule has 0 aliphatic rings. The third-order valence-corrected chi connectivity index (χ3v) is 11.3. The summed E-state index contributed by atoms with van der Waals surface area (Å²) in [6, 6.07) is -4.34. The number of hydrogen-bond acceptors (Lipinski definition) is 14. The lowest BCUT2D eigenvalue weighted by atomic mass is 10.0. The Morgan fingerprint density at radius 1 is 0.640 bits per heavy atom. The standard InChI is InChI=1S/C48H76N14O13/c1-24(2)17-34(60-41(68)31(49)19-28-10-12-30(63)13-11-28)42(69)54-22-37(64)57-32(9-8-16-53-48(50)51)43(70)61-35(18-25(3)4)45(72)56-27(7)40(67)59-36(20-29-21-52-23-55-29)46(73)58-33(14-15-38(65)66)44(71)62-39(26(5)6)47(74)75/h10-13,21,23-27,31-36,39,63H,8-9,14-20,22,49H2,1-7H3,(H,52,55)(H,54,69)(H,56,72)(H,57,64)(H,58,73)(H,59,67)(H,60,68)(H,61,70)(H,62,71)(H,65,66)(H,74,75)(H4,50,51,53)/t27-,31-,32-,33-,34-,35-,36-,39-/m0/s1. The number of phenols is 1. The van der Waals surface area contributed by atoms with Gasteiger partial charge in [-0.05, 0) is 80.9 Å². The highest BCUT2D eigenvalue weighted by molar-refractivity contribution is 5.97. The number of H-pyrrole nitrogens is 1. The van der Waals surface area contributed by atoms with Crippen molar-refractivity contribution in [3.63, 3.8) is 0 Å². The van der Waals surface area contributed by atoms with Crippen LogP contribution in [0.1, 0.15) is 98.2 Å². The quantitative estimate of drug-likeness (QED) is 0.0200. The van der Waals surface area contributed by atoms with Gasteiger partial charge in [0.2, 0.25) is 47.3 Å². The normalized spacial score (nSPS) is 14.3. The maximum absolute atomic E-state index is 14.0. The van der Waals surface area contributed by atoms with Gasteiger partial charge in [-0.2, -0.15) is 0 Å². The Labute approximate surface area is 434 Å². The van der Waals surface area contributed by atoms with E-state index >= 15 is 0 Å². The first-order valence-electron chi connectivity index (χ1n) is 24.6. The summed E-state index contributed by atoms with van der Waals surface area (Å²) in [6.07, 6.45) is 1.91. The van der Waals surface area contributed by atoms with Crippen LogP contribution in [-0.4, -0.2) is 152 Å². The van der Waals surface area contributed by atoms with Crippen molar-refractivity contribution in [1.82, 2.24) is 52.5 Å². The van der Waals surface area contributed by atoms with Crippen molar-refractivity contribution in [1.29, 1.82) is 0 Å². The fraction of sp³-hybridized carbons (Fsp3) is 0.583. The number of imidazole rings is 1. The minimum absolute atomic E-state index is 0.0407. The van der Waals surface area contributed by atoms with Crippen molar-refractivity contribution in [3.8, 4) is 5.75 Å². The Hall–Kier alpha value is -7.84. The molecule has 18 N–H and O–H groups in total. The topological polar surface area (TPSA) is 447 Å². The van der Waals surface area contributed by atoms with Crippen molar-refractivity contribution in [2.45, 2.75) is 148 Å². The number of amides is 8. The van der Waals surface area contributed by atoms with Crippen LogP contribution in [0, 0.1) is 17.8 Å². The number of aliphatic imine (C=N–C) groups is 1. The summed E-state index contributed by atoms with van der Waals surface area (Å²) in [6.45, 7) is 11.0. The van der Waals surface area contributed by atoms with Crippen molar-refractivity contribution in [2.75, 3.05) is 13.1 Å². The molecule has 75 heavy (non-hydrogen) atoms. The van der Waals surface area contributed by atoms with Crippen molar-refractivity contribution >= 4 is 65.2 Å². The Kier molecular flexibility index (Phi) is 26.7. The Bertz CT molecular complexity index is 2270. The van der Waals surface area contributed by atoms with E-state index in [2.05, 4.69) is 57.5 Å². The van der Waals surface area contributed by atoms with Crippen molar-refractivity contribution < 1.29 is 63.3 Å². The molecule has 1 aromatic heterocycles. The molecule has 0 bridgehead atoms. The summed E-state index contributed by atoms with van der Waals surface area (Å²) in [7, 11) is 0. The lowest BCUT2D eigenvalue weighted by Gasteiger charge is -2.27. The van der Waals surface area contributed by atoms with Crippen molar-refractivity contribution in [2.24, 2.45) is 39.9 Å². The molecule has 1 aromatic carbocycles. The molecule has 0 unspecified atom stereocenters. The number of phenolic OH excluding ortho intramolecular Hbond substituents is 1. The molecule has 8 amide bonds. The average molecular weight is 1060 g/mol. The number of hydrogen-bond donors (Lipinski definition) is 15. The van der Waals surface area contributed by atoms with E-state index in [1.807, 2.05) is 13.8 Å². The summed E-state index contributed by atoms with van der Waals surface area (Å²) >= 11 is 0. The molecule has 416 valence electrons. The zero-order valence-electron chi connectivity index (χ0n) is 43.4. The summed E-state index contributed by atoms with van der Waals surface area (Å²) in [5.41, 5.74) is 18.1. The SMILES string of the molecule is CC(C)C[C@H](NC(=O)[C@H](CCCN=C(N)N)NC(=O)CNC(=O)[C@H](CC(C)C)NC(=O)[C@@H](N)Cc1ccc(O)cc1)C(=O)N[C@@H](C)C(=O)N[C@@H](Cc1cnc[nH]1)C(=O)N[C@@H](CCC(=O)O)C(=O)N[C@H](C(=O)O)C(C)C. The molecule has 0 fully saturated rings. The molecule has 0 saturated heterocycles. The molecule has 0 aliphatic carbocycles. The third kappa shape index (κ3) is 24.2. The van der Waals surface area contributed by atoms with Gasteiger partial charge in [-0.15, -0.1) is 0 Å². The zero-order valence-corrected chi connectivity index (χ0v) is 43.4. The number of nitrogens with two attached hydrogens (primary N) is 3. The zero-order chi connectivity index (χ0) is 56.5. The second-order valence-corrected chi connectivity index (χ2v) is 19.3. The molecule has 27 heteroatoms. The van der Waals surface area contributed by atoms with Gasteiger partial charge in [0.15, 0.2) is 5.96 Å². The highest BCUT2D eigenvalue weighted by Gasteiger charge is 2.34. The van der Waals surface area contributed by atoms with Gasteiger partial charge in [0.1, 0.15) is 48.0 Å². The van der Waals surface area contributed by atoms with E-state index in [9.17, 15) is 63.3 Å². The molecule has 0 saturated carbocycles. The number of aromatic amines is 1. The van der Waals surface area contributed by atoms with E-state index in [0.717, 1.165) is 0 Å². The van der Waals surface area contributed by atoms with Gasteiger partial charge in [0.25, 0.3) is 0 Å². The van der Waals surface area contributed by atoms with Crippen LogP contribution in [0.4, 0.5) is 0 Å². The molecule has 2 aromatic rings. The number of guanidine groups is 1. The molecule has 0 aliphatic heterocycles. The van der Waals surface area contributed by atoms with Crippen LogP contribution in [0.15, 0.2) is 41.8 Å². The van der Waals surface area contributed by atoms with E-state index in [1.165, 1.54) is 45.4 Å². The Morgan fingerprint density at radius 3 is 1.72 bits per heavy atom. The van der Waals surface area contributed by atoms with Crippen LogP contribution in [0.2, 0.25) is 0 Å². The molecule has 0 radical (unpaired) electrons. The maximum Gasteiger partial charge on any atom is 0.326 e. The van der Waals surface area contributed by atoms with Crippen LogP contribution in [0.5, 0.6) is 5.75 Å². The fourth-order valence-electron chi connectivity index (χ4n) is 7.32. The molecule has 1 heterocycles. The maximum atomic E-state index is 14.0. The predicted molar refractivity (Wildman–Crippen MR) is 272 cm³/mol. The average Bonchev–Trinajstić information content (AvgIpc) is 3.84. The largest absolute Gasteiger partial charge is 0.508 e. The van der Waals surface area contributed by atoms with Crippen LogP contribution in [-0.2, 0) is 60.8 Å². The van der Waals surface area contributed by atoms with Gasteiger partial charge in [-0.1, -0.05) is 53.7 Å². The van der Waals surface area contributed by atoms with Crippen LogP contribution in [0.3, 0.4) is 0 Å². The molecule has 2 rings (SSSR count). The monoisotopic (exact) mass is 1060 g/mol. The lowest BCUT2D eigenvalue weighted by molar-refractivity contribution is -0.144. The highest BCUT2D eigenvalue weighted by Crippen LogP contribution is 2.13. The predicted octanol–water partition coefficient (Wildman–Crippen LogP) is -2.49. The number of carboxylic acids is 2. The number of nitrogens with zero attached hydrogens (tertiary/aromatic N) is 2. The number of nitrogens with one attached hydrogen (secondary N) is 9. The molecule has 27 nitrogen and oxygen atoms in total. The number of aromatic nitrogens is 2. The number of carboxylic acid groups (broad SMARTS) is 2. The fourth-order valence-corrected chi connectivity index (χ4v) is 7.32. The third-order valence-electron chi connectivity index (χ3n) is 11.3. The molecular formula is C48H76N14O13. The van der Waals surface area contributed by atoms with Crippen molar-refractivity contribution in [3.05, 3.63) is 48.0 Å². The number of benzene rings is 1. The van der Waals surface area contributed by atoms with E-state index in [-0.39, 0.29) is 68.6 Å². The first-order chi connectivity index (χ1) is 35.2. The Balaban J connectivity index is 2.25. The molecule has 8 atom stereocenters. The minimum atomic E-state index is -1.54. The first-order valence-corrected chi connectivity index (χ1v) is 24.6. The highest BCUT2D eigenvalue weighted by atomic mass is 16.4. The van der Waals surface area contributed by atoms with Gasteiger partial charge in [0.05, 0.1) is 18.9 Å². The van der Waals surface area contributed by atoms with Gasteiger partial charge < -0.3 is 80.0 Å². The number of aromatic hydroxyl groups is 1. The number of rotatable bonds is 33.